The smallest absolute Gasteiger partial charge is 0.254 e. The highest BCUT2D eigenvalue weighted by atomic mass is 32.2. The molecule has 0 radical (unpaired) electrons. The number of nitrogens with two attached hydrogens (primary N) is 1. The SMILES string of the molecule is CC1(CNC(=O)c2cc(S(N)(=O)=O)ccc2F)CCCC1. The zero-order chi connectivity index (χ0) is 15.7. The molecule has 1 aromatic carbocycles. The average molecular weight is 314 g/mol. The van der Waals surface area contributed by atoms with E-state index in [0.717, 1.165) is 43.9 Å². The van der Waals surface area contributed by atoms with Crippen LogP contribution in [0.5, 0.6) is 0 Å². The molecular weight excluding hydrogens is 295 g/mol. The minimum atomic E-state index is -3.96. The van der Waals surface area contributed by atoms with Gasteiger partial charge in [-0.15, -0.1) is 0 Å². The first-order chi connectivity index (χ1) is 9.71. The van der Waals surface area contributed by atoms with Gasteiger partial charge in [-0.1, -0.05) is 19.8 Å². The van der Waals surface area contributed by atoms with Gasteiger partial charge in [0.2, 0.25) is 10.0 Å². The molecule has 1 aliphatic carbocycles. The number of benzene rings is 1. The van der Waals surface area contributed by atoms with Crippen LogP contribution in [0.3, 0.4) is 0 Å². The molecule has 0 spiro atoms. The molecule has 0 heterocycles. The van der Waals surface area contributed by atoms with Gasteiger partial charge in [0.1, 0.15) is 5.82 Å². The summed E-state index contributed by atoms with van der Waals surface area (Å²) in [6.45, 7) is 2.53. The van der Waals surface area contributed by atoms with Crippen molar-refractivity contribution in [2.45, 2.75) is 37.5 Å². The van der Waals surface area contributed by atoms with Crippen LogP contribution in [0.1, 0.15) is 43.0 Å². The standard InChI is InChI=1S/C14H19FN2O3S/c1-14(6-2-3-7-14)9-17-13(18)11-8-10(21(16,19)20)4-5-12(11)15/h4-5,8H,2-3,6-7,9H2,1H3,(H,17,18)(H2,16,19,20). The van der Waals surface area contributed by atoms with Crippen molar-refractivity contribution in [2.75, 3.05) is 6.54 Å². The molecule has 3 N–H and O–H groups in total. The van der Waals surface area contributed by atoms with E-state index in [-0.39, 0.29) is 15.9 Å². The predicted molar refractivity (Wildman–Crippen MR) is 76.7 cm³/mol. The summed E-state index contributed by atoms with van der Waals surface area (Å²) in [6.07, 6.45) is 4.29. The molecule has 1 saturated carbocycles. The van der Waals surface area contributed by atoms with Gasteiger partial charge in [0, 0.05) is 6.54 Å². The van der Waals surface area contributed by atoms with E-state index in [9.17, 15) is 17.6 Å². The van der Waals surface area contributed by atoms with Gasteiger partial charge in [-0.3, -0.25) is 4.79 Å². The van der Waals surface area contributed by atoms with Crippen LogP contribution >= 0.6 is 0 Å². The van der Waals surface area contributed by atoms with E-state index in [1.54, 1.807) is 0 Å². The quantitative estimate of drug-likeness (QED) is 0.888. The Morgan fingerprint density at radius 1 is 1.38 bits per heavy atom. The molecule has 1 amide bonds. The molecule has 0 bridgehead atoms. The molecule has 116 valence electrons. The second-order valence-corrected chi connectivity index (χ2v) is 7.45. The van der Waals surface area contributed by atoms with E-state index in [2.05, 4.69) is 12.2 Å². The maximum Gasteiger partial charge on any atom is 0.254 e. The molecule has 21 heavy (non-hydrogen) atoms. The third-order valence-electron chi connectivity index (χ3n) is 4.00. The normalized spacial score (nSPS) is 17.7. The highest BCUT2D eigenvalue weighted by Gasteiger charge is 2.29. The average Bonchev–Trinajstić information content (AvgIpc) is 2.83. The summed E-state index contributed by atoms with van der Waals surface area (Å²) in [4.78, 5) is 11.8. The number of sulfonamides is 1. The van der Waals surface area contributed by atoms with Crippen LogP contribution in [0, 0.1) is 11.2 Å². The highest BCUT2D eigenvalue weighted by molar-refractivity contribution is 7.89. The van der Waals surface area contributed by atoms with E-state index in [1.165, 1.54) is 0 Å². The second kappa shape index (κ2) is 5.73. The molecule has 0 unspecified atom stereocenters. The summed E-state index contributed by atoms with van der Waals surface area (Å²) in [7, 11) is -3.96. The molecule has 7 heteroatoms. The van der Waals surface area contributed by atoms with Crippen molar-refractivity contribution < 1.29 is 17.6 Å². The van der Waals surface area contributed by atoms with Crippen LogP contribution in [0.25, 0.3) is 0 Å². The number of hydrogen-bond donors (Lipinski definition) is 2. The molecule has 1 aromatic rings. The molecule has 2 rings (SSSR count). The summed E-state index contributed by atoms with van der Waals surface area (Å²) in [5, 5.41) is 7.67. The van der Waals surface area contributed by atoms with Gasteiger partial charge < -0.3 is 5.32 Å². The Kier molecular flexibility index (Phi) is 4.34. The molecule has 1 aliphatic rings. The summed E-state index contributed by atoms with van der Waals surface area (Å²) in [5.74, 6) is -1.39. The van der Waals surface area contributed by atoms with Crippen molar-refractivity contribution in [1.82, 2.24) is 5.32 Å². The van der Waals surface area contributed by atoms with Crippen molar-refractivity contribution >= 4 is 15.9 Å². The first-order valence-electron chi connectivity index (χ1n) is 6.82. The lowest BCUT2D eigenvalue weighted by Gasteiger charge is -2.23. The van der Waals surface area contributed by atoms with E-state index in [0.29, 0.717) is 6.54 Å². The lowest BCUT2D eigenvalue weighted by molar-refractivity contribution is 0.0930. The Hall–Kier alpha value is -1.47. The Morgan fingerprint density at radius 2 is 2.00 bits per heavy atom. The Morgan fingerprint density at radius 3 is 2.57 bits per heavy atom. The maximum absolute atomic E-state index is 13.7. The number of carbonyl (C=O) groups is 1. The summed E-state index contributed by atoms with van der Waals surface area (Å²) in [6, 6.07) is 2.95. The van der Waals surface area contributed by atoms with Crippen molar-refractivity contribution in [2.24, 2.45) is 10.6 Å². The molecule has 5 nitrogen and oxygen atoms in total. The van der Waals surface area contributed by atoms with Crippen LogP contribution in [0.15, 0.2) is 23.1 Å². The predicted octanol–water partition coefficient (Wildman–Crippen LogP) is 1.78. The molecule has 1 fully saturated rings. The summed E-state index contributed by atoms with van der Waals surface area (Å²) >= 11 is 0. The molecule has 0 aliphatic heterocycles. The number of carbonyl (C=O) groups excluding carboxylic acids is 1. The minimum Gasteiger partial charge on any atom is -0.351 e. The number of primary sulfonamides is 1. The van der Waals surface area contributed by atoms with Gasteiger partial charge in [-0.25, -0.2) is 17.9 Å². The number of nitrogens with one attached hydrogen (secondary N) is 1. The van der Waals surface area contributed by atoms with E-state index < -0.39 is 21.7 Å². The summed E-state index contributed by atoms with van der Waals surface area (Å²) in [5.41, 5.74) is -0.271. The number of amides is 1. The van der Waals surface area contributed by atoms with E-state index >= 15 is 0 Å². The lowest BCUT2D eigenvalue weighted by Crippen LogP contribution is -2.34. The Balaban J connectivity index is 2.15. The van der Waals surface area contributed by atoms with Gasteiger partial charge in [-0.2, -0.15) is 0 Å². The number of hydrogen-bond acceptors (Lipinski definition) is 3. The monoisotopic (exact) mass is 314 g/mol. The zero-order valence-corrected chi connectivity index (χ0v) is 12.7. The molecule has 0 atom stereocenters. The first kappa shape index (κ1) is 15.9. The van der Waals surface area contributed by atoms with Crippen molar-refractivity contribution in [3.63, 3.8) is 0 Å². The molecule has 0 saturated heterocycles. The fourth-order valence-electron chi connectivity index (χ4n) is 2.65. The van der Waals surface area contributed by atoms with E-state index in [4.69, 9.17) is 5.14 Å². The van der Waals surface area contributed by atoms with Crippen molar-refractivity contribution in [3.05, 3.63) is 29.6 Å². The topological polar surface area (TPSA) is 89.3 Å². The Bertz CT molecular complexity index is 652. The van der Waals surface area contributed by atoms with Gasteiger partial charge in [0.05, 0.1) is 10.5 Å². The first-order valence-corrected chi connectivity index (χ1v) is 8.36. The number of halogens is 1. The van der Waals surface area contributed by atoms with Crippen LogP contribution in [-0.2, 0) is 10.0 Å². The molecular formula is C14H19FN2O3S. The second-order valence-electron chi connectivity index (χ2n) is 5.89. The van der Waals surface area contributed by atoms with Gasteiger partial charge in [0.15, 0.2) is 0 Å². The van der Waals surface area contributed by atoms with Gasteiger partial charge in [-0.05, 0) is 36.5 Å². The van der Waals surface area contributed by atoms with E-state index in [1.807, 2.05) is 0 Å². The summed E-state index contributed by atoms with van der Waals surface area (Å²) < 4.78 is 36.2. The van der Waals surface area contributed by atoms with Crippen LogP contribution in [-0.4, -0.2) is 20.9 Å². The maximum atomic E-state index is 13.7. The van der Waals surface area contributed by atoms with Crippen molar-refractivity contribution in [1.29, 1.82) is 0 Å². The number of rotatable bonds is 4. The fourth-order valence-corrected chi connectivity index (χ4v) is 3.19. The Labute approximate surface area is 123 Å². The fraction of sp³-hybridized carbons (Fsp3) is 0.500. The van der Waals surface area contributed by atoms with Gasteiger partial charge in [0.25, 0.3) is 5.91 Å². The van der Waals surface area contributed by atoms with Crippen LogP contribution < -0.4 is 10.5 Å². The third-order valence-corrected chi connectivity index (χ3v) is 4.91. The highest BCUT2D eigenvalue weighted by Crippen LogP contribution is 2.36. The molecule has 0 aromatic heterocycles. The van der Waals surface area contributed by atoms with Gasteiger partial charge >= 0.3 is 0 Å². The third kappa shape index (κ3) is 3.79. The van der Waals surface area contributed by atoms with Crippen LogP contribution in [0.4, 0.5) is 4.39 Å². The largest absolute Gasteiger partial charge is 0.351 e. The van der Waals surface area contributed by atoms with Crippen molar-refractivity contribution in [3.8, 4) is 0 Å². The van der Waals surface area contributed by atoms with Crippen LogP contribution in [0.2, 0.25) is 0 Å². The minimum absolute atomic E-state index is 0.0314. The zero-order valence-electron chi connectivity index (χ0n) is 11.9. The lowest BCUT2D eigenvalue weighted by atomic mass is 9.89.